The van der Waals surface area contributed by atoms with Crippen molar-refractivity contribution >= 4 is 11.6 Å². The number of Topliss-reactive ketones (excluding diaryl/α,β-unsaturated/α-hetero) is 2. The molecule has 17 heavy (non-hydrogen) atoms. The normalized spacial score (nSPS) is 48.1. The molecule has 0 heterocycles. The van der Waals surface area contributed by atoms with Crippen LogP contribution in [-0.4, -0.2) is 11.6 Å². The fourth-order valence-corrected chi connectivity index (χ4v) is 5.07. The number of hydrogen-bond acceptors (Lipinski definition) is 2. The summed E-state index contributed by atoms with van der Waals surface area (Å²) in [7, 11) is 0. The van der Waals surface area contributed by atoms with Gasteiger partial charge < -0.3 is 0 Å². The largest absolute Gasteiger partial charge is 0.299 e. The summed E-state index contributed by atoms with van der Waals surface area (Å²) >= 11 is 0. The Kier molecular flexibility index (Phi) is 2.03. The van der Waals surface area contributed by atoms with Gasteiger partial charge in [0.15, 0.2) is 0 Å². The molecule has 3 rings (SSSR count). The third kappa shape index (κ3) is 1.27. The quantitative estimate of drug-likeness (QED) is 0.645. The van der Waals surface area contributed by atoms with Crippen molar-refractivity contribution in [2.45, 2.75) is 59.3 Å². The SMILES string of the molecule is CC1(C)CC(=O)[C@@]23CCC(=O)[C@@](C)(CC[C@H]12)C3. The molecule has 0 N–H and O–H groups in total. The third-order valence-corrected chi connectivity index (χ3v) is 5.94. The van der Waals surface area contributed by atoms with Crippen molar-refractivity contribution in [3.63, 3.8) is 0 Å². The van der Waals surface area contributed by atoms with Crippen LogP contribution in [0.3, 0.4) is 0 Å². The Balaban J connectivity index is 2.06. The Morgan fingerprint density at radius 3 is 2.47 bits per heavy atom. The second-order valence-electron chi connectivity index (χ2n) is 7.50. The highest BCUT2D eigenvalue weighted by atomic mass is 16.1. The molecular weight excluding hydrogens is 212 g/mol. The van der Waals surface area contributed by atoms with E-state index in [0.717, 1.165) is 32.1 Å². The molecule has 0 unspecified atom stereocenters. The molecular formula is C15H22O2. The fourth-order valence-electron chi connectivity index (χ4n) is 5.07. The summed E-state index contributed by atoms with van der Waals surface area (Å²) in [5.74, 6) is 1.37. The maximum atomic E-state index is 12.5. The molecule has 3 saturated carbocycles. The second-order valence-corrected chi connectivity index (χ2v) is 7.50. The number of hydrogen-bond donors (Lipinski definition) is 0. The summed E-state index contributed by atoms with van der Waals surface area (Å²) in [6, 6.07) is 0. The molecule has 0 radical (unpaired) electrons. The number of carbonyl (C=O) groups excluding carboxylic acids is 2. The van der Waals surface area contributed by atoms with E-state index in [1.54, 1.807) is 0 Å². The van der Waals surface area contributed by atoms with E-state index in [-0.39, 0.29) is 16.2 Å². The van der Waals surface area contributed by atoms with Crippen LogP contribution in [0.15, 0.2) is 0 Å². The van der Waals surface area contributed by atoms with Gasteiger partial charge in [-0.2, -0.15) is 0 Å². The van der Waals surface area contributed by atoms with Crippen molar-refractivity contribution in [3.8, 4) is 0 Å². The van der Waals surface area contributed by atoms with Gasteiger partial charge in [0, 0.05) is 23.7 Å². The number of rotatable bonds is 0. The number of ketones is 2. The summed E-state index contributed by atoms with van der Waals surface area (Å²) in [6.45, 7) is 6.57. The molecule has 0 amide bonds. The molecule has 0 aliphatic heterocycles. The molecule has 3 aliphatic carbocycles. The standard InChI is InChI=1S/C15H22O2/c1-13(2)8-12(17)15-7-5-11(16)14(3,9-15)6-4-10(13)15/h10H,4-9H2,1-3H3/t10-,14+,15-/m1/s1. The van der Waals surface area contributed by atoms with Crippen molar-refractivity contribution in [3.05, 3.63) is 0 Å². The van der Waals surface area contributed by atoms with Gasteiger partial charge in [0.25, 0.3) is 0 Å². The van der Waals surface area contributed by atoms with E-state index in [4.69, 9.17) is 0 Å². The average molecular weight is 234 g/mol. The first kappa shape index (κ1) is 11.4. The Labute approximate surface area is 103 Å². The lowest BCUT2D eigenvalue weighted by Crippen LogP contribution is -2.51. The predicted octanol–water partition coefficient (Wildman–Crippen LogP) is 3.14. The highest BCUT2D eigenvalue weighted by molar-refractivity contribution is 5.94. The molecule has 0 saturated heterocycles. The van der Waals surface area contributed by atoms with Crippen LogP contribution in [0.5, 0.6) is 0 Å². The Morgan fingerprint density at radius 2 is 1.76 bits per heavy atom. The first-order valence-corrected chi connectivity index (χ1v) is 6.87. The molecule has 0 aromatic heterocycles. The van der Waals surface area contributed by atoms with Gasteiger partial charge in [0.05, 0.1) is 0 Å². The Morgan fingerprint density at radius 1 is 1.06 bits per heavy atom. The van der Waals surface area contributed by atoms with Crippen LogP contribution in [0.25, 0.3) is 0 Å². The Bertz CT molecular complexity index is 409. The van der Waals surface area contributed by atoms with Crippen molar-refractivity contribution in [2.75, 3.05) is 0 Å². The van der Waals surface area contributed by atoms with Gasteiger partial charge in [-0.3, -0.25) is 9.59 Å². The minimum atomic E-state index is -0.190. The summed E-state index contributed by atoms with van der Waals surface area (Å²) < 4.78 is 0. The van der Waals surface area contributed by atoms with Crippen LogP contribution >= 0.6 is 0 Å². The molecule has 3 fully saturated rings. The van der Waals surface area contributed by atoms with Crippen LogP contribution in [-0.2, 0) is 9.59 Å². The van der Waals surface area contributed by atoms with E-state index in [9.17, 15) is 9.59 Å². The highest BCUT2D eigenvalue weighted by Gasteiger charge is 2.64. The molecule has 1 spiro atoms. The van der Waals surface area contributed by atoms with Crippen LogP contribution in [0.4, 0.5) is 0 Å². The smallest absolute Gasteiger partial charge is 0.139 e. The first-order chi connectivity index (χ1) is 7.80. The van der Waals surface area contributed by atoms with E-state index in [1.165, 1.54) is 0 Å². The maximum absolute atomic E-state index is 12.5. The van der Waals surface area contributed by atoms with Crippen molar-refractivity contribution in [1.82, 2.24) is 0 Å². The van der Waals surface area contributed by atoms with Crippen LogP contribution in [0.2, 0.25) is 0 Å². The monoisotopic (exact) mass is 234 g/mol. The van der Waals surface area contributed by atoms with Crippen molar-refractivity contribution in [1.29, 1.82) is 0 Å². The molecule has 2 bridgehead atoms. The van der Waals surface area contributed by atoms with Gasteiger partial charge in [0.1, 0.15) is 11.6 Å². The molecule has 94 valence electrons. The summed E-state index contributed by atoms with van der Waals surface area (Å²) in [4.78, 5) is 24.6. The lowest BCUT2D eigenvalue weighted by Gasteiger charge is -2.52. The van der Waals surface area contributed by atoms with E-state index < -0.39 is 0 Å². The van der Waals surface area contributed by atoms with Crippen molar-refractivity contribution < 1.29 is 9.59 Å². The summed E-state index contributed by atoms with van der Waals surface area (Å²) in [6.07, 6.45) is 5.09. The van der Waals surface area contributed by atoms with Gasteiger partial charge in [0.2, 0.25) is 0 Å². The molecule has 3 atom stereocenters. The lowest BCUT2D eigenvalue weighted by molar-refractivity contribution is -0.149. The maximum Gasteiger partial charge on any atom is 0.139 e. The zero-order valence-electron chi connectivity index (χ0n) is 11.1. The second kappa shape index (κ2) is 3.02. The van der Waals surface area contributed by atoms with Crippen molar-refractivity contribution in [2.24, 2.45) is 22.2 Å². The highest BCUT2D eigenvalue weighted by Crippen LogP contribution is 2.66. The molecule has 2 heteroatoms. The summed E-state index contributed by atoms with van der Waals surface area (Å²) in [5.41, 5.74) is -0.173. The minimum absolute atomic E-state index is 0.135. The van der Waals surface area contributed by atoms with Gasteiger partial charge in [-0.05, 0) is 37.0 Å². The van der Waals surface area contributed by atoms with Gasteiger partial charge >= 0.3 is 0 Å². The number of fused-ring (bicyclic) bond motifs is 1. The number of carbonyl (C=O) groups is 2. The topological polar surface area (TPSA) is 34.1 Å². The average Bonchev–Trinajstić information content (AvgIpc) is 2.41. The van der Waals surface area contributed by atoms with E-state index in [2.05, 4.69) is 20.8 Å². The minimum Gasteiger partial charge on any atom is -0.299 e. The van der Waals surface area contributed by atoms with Crippen LogP contribution < -0.4 is 0 Å². The van der Waals surface area contributed by atoms with E-state index in [0.29, 0.717) is 23.9 Å². The van der Waals surface area contributed by atoms with E-state index in [1.807, 2.05) is 0 Å². The molecule has 3 aliphatic rings. The summed E-state index contributed by atoms with van der Waals surface area (Å²) in [5, 5.41) is 0. The van der Waals surface area contributed by atoms with Crippen LogP contribution in [0, 0.1) is 22.2 Å². The predicted molar refractivity (Wildman–Crippen MR) is 65.5 cm³/mol. The van der Waals surface area contributed by atoms with E-state index >= 15 is 0 Å². The molecule has 2 nitrogen and oxygen atoms in total. The molecule has 0 aromatic carbocycles. The zero-order chi connectivity index (χ0) is 12.5. The van der Waals surface area contributed by atoms with Gasteiger partial charge in [-0.25, -0.2) is 0 Å². The lowest BCUT2D eigenvalue weighted by atomic mass is 9.50. The fraction of sp³-hybridized carbons (Fsp3) is 0.867. The molecule has 0 aromatic rings. The van der Waals surface area contributed by atoms with Crippen LogP contribution in [0.1, 0.15) is 59.3 Å². The van der Waals surface area contributed by atoms with Gasteiger partial charge in [-0.1, -0.05) is 20.8 Å². The third-order valence-electron chi connectivity index (χ3n) is 5.94. The van der Waals surface area contributed by atoms with Gasteiger partial charge in [-0.15, -0.1) is 0 Å². The Hall–Kier alpha value is -0.660. The first-order valence-electron chi connectivity index (χ1n) is 6.87. The zero-order valence-corrected chi connectivity index (χ0v) is 11.1.